The largest absolute Gasteiger partial charge is 0.439 e. The first-order chi connectivity index (χ1) is 10.6. The van der Waals surface area contributed by atoms with Gasteiger partial charge >= 0.3 is 0 Å². The van der Waals surface area contributed by atoms with Crippen LogP contribution in [-0.2, 0) is 0 Å². The maximum Gasteiger partial charge on any atom is 0.228 e. The Morgan fingerprint density at radius 3 is 2.77 bits per heavy atom. The fourth-order valence-corrected chi connectivity index (χ4v) is 3.47. The summed E-state index contributed by atoms with van der Waals surface area (Å²) < 4.78 is 18.6. The van der Waals surface area contributed by atoms with E-state index in [1.165, 1.54) is 12.1 Å². The van der Waals surface area contributed by atoms with Crippen LogP contribution in [0.25, 0.3) is 0 Å². The second-order valence-electron chi connectivity index (χ2n) is 5.26. The number of ether oxygens (including phenoxy) is 1. The Bertz CT molecular complexity index is 638. The summed E-state index contributed by atoms with van der Waals surface area (Å²) >= 11 is 1.97. The van der Waals surface area contributed by atoms with E-state index < -0.39 is 0 Å². The van der Waals surface area contributed by atoms with Crippen molar-refractivity contribution in [2.24, 2.45) is 0 Å². The van der Waals surface area contributed by atoms with E-state index in [-0.39, 0.29) is 5.82 Å². The highest BCUT2D eigenvalue weighted by atomic mass is 32.2. The van der Waals surface area contributed by atoms with E-state index in [2.05, 4.69) is 28.7 Å². The van der Waals surface area contributed by atoms with Gasteiger partial charge in [-0.2, -0.15) is 16.7 Å². The Morgan fingerprint density at radius 2 is 2.00 bits per heavy atom. The number of thioether (sulfide) groups is 1. The molecule has 22 heavy (non-hydrogen) atoms. The molecule has 4 nitrogen and oxygen atoms in total. The molecule has 1 aromatic heterocycles. The Kier molecular flexibility index (Phi) is 4.47. The summed E-state index contributed by atoms with van der Waals surface area (Å²) in [5.74, 6) is 2.48. The third-order valence-electron chi connectivity index (χ3n) is 3.79. The third kappa shape index (κ3) is 3.32. The topological polar surface area (TPSA) is 38.2 Å². The van der Waals surface area contributed by atoms with Crippen molar-refractivity contribution in [1.82, 2.24) is 9.97 Å². The predicted molar refractivity (Wildman–Crippen MR) is 87.2 cm³/mol. The Labute approximate surface area is 133 Å². The molecule has 1 aliphatic rings. The highest BCUT2D eigenvalue weighted by molar-refractivity contribution is 8.00. The average molecular weight is 319 g/mol. The molecule has 1 aliphatic heterocycles. The van der Waals surface area contributed by atoms with Crippen molar-refractivity contribution in [3.05, 3.63) is 42.3 Å². The van der Waals surface area contributed by atoms with Crippen molar-refractivity contribution in [2.45, 2.75) is 25.1 Å². The van der Waals surface area contributed by atoms with Gasteiger partial charge in [0.2, 0.25) is 11.8 Å². The number of hydrogen-bond donors (Lipinski definition) is 0. The monoisotopic (exact) mass is 319 g/mol. The van der Waals surface area contributed by atoms with E-state index in [0.29, 0.717) is 28.9 Å². The van der Waals surface area contributed by atoms with E-state index in [4.69, 9.17) is 4.74 Å². The van der Waals surface area contributed by atoms with Gasteiger partial charge in [0, 0.05) is 35.9 Å². The van der Waals surface area contributed by atoms with Gasteiger partial charge in [-0.3, -0.25) is 0 Å². The number of benzene rings is 1. The van der Waals surface area contributed by atoms with E-state index in [1.807, 2.05) is 11.8 Å². The first kappa shape index (κ1) is 15.1. The van der Waals surface area contributed by atoms with Gasteiger partial charge in [-0.1, -0.05) is 6.92 Å². The molecular weight excluding hydrogens is 301 g/mol. The van der Waals surface area contributed by atoms with Crippen molar-refractivity contribution in [3.63, 3.8) is 0 Å². The van der Waals surface area contributed by atoms with Crippen LogP contribution >= 0.6 is 11.8 Å². The lowest BCUT2D eigenvalue weighted by molar-refractivity contribution is 0.458. The smallest absolute Gasteiger partial charge is 0.228 e. The van der Waals surface area contributed by atoms with E-state index in [9.17, 15) is 4.39 Å². The minimum atomic E-state index is -0.288. The Balaban J connectivity index is 1.78. The molecule has 1 aromatic carbocycles. The molecule has 0 radical (unpaired) electrons. The summed E-state index contributed by atoms with van der Waals surface area (Å²) in [6.45, 7) is 5.34. The van der Waals surface area contributed by atoms with E-state index >= 15 is 0 Å². The molecular formula is C16H18FN3OS. The Hall–Kier alpha value is -1.82. The van der Waals surface area contributed by atoms with Crippen LogP contribution < -0.4 is 9.64 Å². The van der Waals surface area contributed by atoms with Crippen LogP contribution in [0.2, 0.25) is 0 Å². The highest BCUT2D eigenvalue weighted by Crippen LogP contribution is 2.28. The van der Waals surface area contributed by atoms with Gasteiger partial charge < -0.3 is 9.64 Å². The summed E-state index contributed by atoms with van der Waals surface area (Å²) in [5.41, 5.74) is 0. The lowest BCUT2D eigenvalue weighted by atomic mass is 10.2. The van der Waals surface area contributed by atoms with Crippen LogP contribution in [-0.4, -0.2) is 33.6 Å². The molecule has 116 valence electrons. The quantitative estimate of drug-likeness (QED) is 0.861. The molecule has 2 aromatic rings. The van der Waals surface area contributed by atoms with Crippen LogP contribution in [0.4, 0.5) is 10.3 Å². The molecule has 1 fully saturated rings. The predicted octanol–water partition coefficient (Wildman–Crippen LogP) is 3.74. The number of hydrogen-bond acceptors (Lipinski definition) is 5. The zero-order valence-corrected chi connectivity index (χ0v) is 13.4. The summed E-state index contributed by atoms with van der Waals surface area (Å²) in [6.07, 6.45) is 1.69. The number of halogens is 1. The van der Waals surface area contributed by atoms with Crippen LogP contribution in [0, 0.1) is 5.82 Å². The molecule has 0 N–H and O–H groups in total. The zero-order chi connectivity index (χ0) is 15.5. The van der Waals surface area contributed by atoms with Crippen molar-refractivity contribution in [1.29, 1.82) is 0 Å². The van der Waals surface area contributed by atoms with Crippen molar-refractivity contribution in [2.75, 3.05) is 17.2 Å². The standard InChI is InChI=1S/C16H18FN3OS/c1-11-12(2)22-10-9-20(11)16-18-8-7-15(19-16)21-14-5-3-13(17)4-6-14/h3-8,11-12H,9-10H2,1-2H3. The van der Waals surface area contributed by atoms with Crippen LogP contribution in [0.1, 0.15) is 13.8 Å². The maximum absolute atomic E-state index is 12.9. The normalized spacial score (nSPS) is 21.7. The second kappa shape index (κ2) is 6.52. The molecule has 0 amide bonds. The van der Waals surface area contributed by atoms with Crippen molar-refractivity contribution >= 4 is 17.7 Å². The molecule has 2 heterocycles. The number of anilines is 1. The van der Waals surface area contributed by atoms with Crippen molar-refractivity contribution in [3.8, 4) is 11.6 Å². The molecule has 1 saturated heterocycles. The first-order valence-corrected chi connectivity index (χ1v) is 8.33. The summed E-state index contributed by atoms with van der Waals surface area (Å²) in [7, 11) is 0. The SMILES string of the molecule is CC1SCCN(c2nccc(Oc3ccc(F)cc3)n2)C1C. The number of rotatable bonds is 3. The number of nitrogens with zero attached hydrogens (tertiary/aromatic N) is 3. The van der Waals surface area contributed by atoms with Crippen LogP contribution in [0.5, 0.6) is 11.6 Å². The maximum atomic E-state index is 12.9. The fourth-order valence-electron chi connectivity index (χ4n) is 2.37. The van der Waals surface area contributed by atoms with Gasteiger partial charge in [0.05, 0.1) is 0 Å². The first-order valence-electron chi connectivity index (χ1n) is 7.28. The minimum absolute atomic E-state index is 0.288. The molecule has 0 bridgehead atoms. The van der Waals surface area contributed by atoms with Gasteiger partial charge in [-0.05, 0) is 31.2 Å². The summed E-state index contributed by atoms with van der Waals surface area (Å²) in [4.78, 5) is 11.1. The second-order valence-corrected chi connectivity index (χ2v) is 6.75. The minimum Gasteiger partial charge on any atom is -0.439 e. The molecule has 3 rings (SSSR count). The van der Waals surface area contributed by atoms with Gasteiger partial charge in [-0.15, -0.1) is 0 Å². The number of aromatic nitrogens is 2. The van der Waals surface area contributed by atoms with Gasteiger partial charge in [0.25, 0.3) is 0 Å². The van der Waals surface area contributed by atoms with Gasteiger partial charge in [0.15, 0.2) is 0 Å². The Morgan fingerprint density at radius 1 is 1.23 bits per heavy atom. The van der Waals surface area contributed by atoms with Crippen LogP contribution in [0.3, 0.4) is 0 Å². The highest BCUT2D eigenvalue weighted by Gasteiger charge is 2.27. The summed E-state index contributed by atoms with van der Waals surface area (Å²) in [5, 5.41) is 0.541. The average Bonchev–Trinajstić information content (AvgIpc) is 2.53. The van der Waals surface area contributed by atoms with Gasteiger partial charge in [0.1, 0.15) is 11.6 Å². The zero-order valence-electron chi connectivity index (χ0n) is 12.6. The molecule has 0 aliphatic carbocycles. The molecule has 0 saturated carbocycles. The molecule has 6 heteroatoms. The molecule has 2 atom stereocenters. The molecule has 2 unspecified atom stereocenters. The van der Waals surface area contributed by atoms with Gasteiger partial charge in [-0.25, -0.2) is 9.37 Å². The third-order valence-corrected chi connectivity index (χ3v) is 5.13. The summed E-state index contributed by atoms with van der Waals surface area (Å²) in [6, 6.07) is 7.98. The lowest BCUT2D eigenvalue weighted by Crippen LogP contribution is -2.45. The van der Waals surface area contributed by atoms with Crippen LogP contribution in [0.15, 0.2) is 36.5 Å². The molecule has 0 spiro atoms. The van der Waals surface area contributed by atoms with E-state index in [1.54, 1.807) is 24.4 Å². The fraction of sp³-hybridized carbons (Fsp3) is 0.375. The van der Waals surface area contributed by atoms with E-state index in [0.717, 1.165) is 12.3 Å². The lowest BCUT2D eigenvalue weighted by Gasteiger charge is -2.37. The van der Waals surface area contributed by atoms with Crippen molar-refractivity contribution < 1.29 is 9.13 Å².